The van der Waals surface area contributed by atoms with Crippen molar-refractivity contribution in [1.82, 2.24) is 19.1 Å². The summed E-state index contributed by atoms with van der Waals surface area (Å²) >= 11 is 0. The number of hydrogen-bond acceptors (Lipinski definition) is 5. The molecule has 21 heavy (non-hydrogen) atoms. The third-order valence-electron chi connectivity index (χ3n) is 3.31. The average Bonchev–Trinajstić information content (AvgIpc) is 2.98. The SMILES string of the molecule is CCCCn1c(N)c(NCc2ncc[nH]2)c(=O)n(C)c1=O. The lowest BCUT2D eigenvalue weighted by Gasteiger charge is -2.15. The van der Waals surface area contributed by atoms with E-state index in [0.717, 1.165) is 17.4 Å². The maximum atomic E-state index is 12.2. The van der Waals surface area contributed by atoms with E-state index >= 15 is 0 Å². The molecule has 2 heterocycles. The van der Waals surface area contributed by atoms with Crippen LogP contribution >= 0.6 is 0 Å². The number of aromatic amines is 1. The van der Waals surface area contributed by atoms with Gasteiger partial charge in [-0.05, 0) is 6.42 Å². The first-order valence-electron chi connectivity index (χ1n) is 6.87. The molecule has 0 unspecified atom stereocenters. The molecular formula is C13H20N6O2. The Bertz CT molecular complexity index is 713. The van der Waals surface area contributed by atoms with Crippen molar-refractivity contribution in [3.63, 3.8) is 0 Å². The van der Waals surface area contributed by atoms with Crippen molar-refractivity contribution in [2.45, 2.75) is 32.9 Å². The van der Waals surface area contributed by atoms with Crippen molar-refractivity contribution < 1.29 is 0 Å². The molecule has 4 N–H and O–H groups in total. The van der Waals surface area contributed by atoms with E-state index in [4.69, 9.17) is 5.73 Å². The van der Waals surface area contributed by atoms with E-state index in [-0.39, 0.29) is 11.5 Å². The number of nitrogen functional groups attached to an aromatic ring is 1. The maximum Gasteiger partial charge on any atom is 0.332 e. The van der Waals surface area contributed by atoms with Crippen molar-refractivity contribution in [3.8, 4) is 0 Å². The summed E-state index contributed by atoms with van der Waals surface area (Å²) in [7, 11) is 1.45. The molecule has 2 aromatic rings. The summed E-state index contributed by atoms with van der Waals surface area (Å²) < 4.78 is 2.49. The van der Waals surface area contributed by atoms with Gasteiger partial charge >= 0.3 is 5.69 Å². The summed E-state index contributed by atoms with van der Waals surface area (Å²) in [4.78, 5) is 31.3. The molecule has 8 heteroatoms. The highest BCUT2D eigenvalue weighted by atomic mass is 16.2. The summed E-state index contributed by atoms with van der Waals surface area (Å²) in [6, 6.07) is 0. The van der Waals surface area contributed by atoms with Gasteiger partial charge in [0.15, 0.2) is 0 Å². The Morgan fingerprint density at radius 3 is 2.81 bits per heavy atom. The molecule has 0 radical (unpaired) electrons. The van der Waals surface area contributed by atoms with Gasteiger partial charge < -0.3 is 16.0 Å². The van der Waals surface area contributed by atoms with Crippen molar-refractivity contribution in [3.05, 3.63) is 39.1 Å². The lowest BCUT2D eigenvalue weighted by molar-refractivity contribution is 0.575. The molecule has 0 spiro atoms. The van der Waals surface area contributed by atoms with E-state index < -0.39 is 11.2 Å². The molecule has 0 saturated carbocycles. The molecule has 0 atom stereocenters. The van der Waals surface area contributed by atoms with Gasteiger partial charge in [0.25, 0.3) is 5.56 Å². The van der Waals surface area contributed by atoms with E-state index in [1.54, 1.807) is 12.4 Å². The minimum Gasteiger partial charge on any atom is -0.383 e. The Kier molecular flexibility index (Phi) is 4.46. The van der Waals surface area contributed by atoms with Crippen LogP contribution in [0, 0.1) is 0 Å². The molecule has 8 nitrogen and oxygen atoms in total. The zero-order valence-corrected chi connectivity index (χ0v) is 12.2. The number of unbranched alkanes of at least 4 members (excludes halogenated alkanes) is 1. The van der Waals surface area contributed by atoms with Gasteiger partial charge in [-0.15, -0.1) is 0 Å². The molecule has 0 fully saturated rings. The standard InChI is InChI=1S/C13H20N6O2/c1-3-4-7-19-11(14)10(12(20)18(2)13(19)21)17-8-9-15-5-6-16-9/h5-6,17H,3-4,7-8,14H2,1-2H3,(H,15,16). The van der Waals surface area contributed by atoms with Crippen molar-refractivity contribution in [2.24, 2.45) is 7.05 Å². The summed E-state index contributed by atoms with van der Waals surface area (Å²) in [5.41, 5.74) is 5.39. The van der Waals surface area contributed by atoms with Gasteiger partial charge in [-0.3, -0.25) is 13.9 Å². The van der Waals surface area contributed by atoms with Gasteiger partial charge in [0.2, 0.25) is 0 Å². The maximum absolute atomic E-state index is 12.2. The number of imidazole rings is 1. The molecule has 0 aliphatic carbocycles. The molecule has 0 bridgehead atoms. The number of nitrogens with one attached hydrogen (secondary N) is 2. The first-order valence-corrected chi connectivity index (χ1v) is 6.87. The molecule has 0 aromatic carbocycles. The van der Waals surface area contributed by atoms with Crippen LogP contribution in [-0.2, 0) is 20.1 Å². The molecule has 2 rings (SSSR count). The molecule has 0 amide bonds. The lowest BCUT2D eigenvalue weighted by atomic mass is 10.3. The predicted molar refractivity (Wildman–Crippen MR) is 81.2 cm³/mol. The van der Waals surface area contributed by atoms with Crippen LogP contribution in [0.3, 0.4) is 0 Å². The monoisotopic (exact) mass is 292 g/mol. The van der Waals surface area contributed by atoms with Crippen LogP contribution in [0.2, 0.25) is 0 Å². The number of nitrogens with zero attached hydrogens (tertiary/aromatic N) is 3. The quantitative estimate of drug-likeness (QED) is 0.707. The van der Waals surface area contributed by atoms with Crippen LogP contribution in [0.25, 0.3) is 0 Å². The van der Waals surface area contributed by atoms with Crippen LogP contribution in [-0.4, -0.2) is 19.1 Å². The highest BCUT2D eigenvalue weighted by Gasteiger charge is 2.14. The Morgan fingerprint density at radius 2 is 2.19 bits per heavy atom. The second-order valence-electron chi connectivity index (χ2n) is 4.80. The average molecular weight is 292 g/mol. The van der Waals surface area contributed by atoms with Gasteiger partial charge in [-0.2, -0.15) is 0 Å². The lowest BCUT2D eigenvalue weighted by Crippen LogP contribution is -2.40. The number of anilines is 2. The van der Waals surface area contributed by atoms with Crippen LogP contribution in [0.15, 0.2) is 22.0 Å². The summed E-state index contributed by atoms with van der Waals surface area (Å²) in [6.45, 7) is 2.85. The Labute approximate surface area is 121 Å². The van der Waals surface area contributed by atoms with Crippen LogP contribution < -0.4 is 22.3 Å². The molecule has 0 saturated heterocycles. The summed E-state index contributed by atoms with van der Waals surface area (Å²) in [5.74, 6) is 0.853. The van der Waals surface area contributed by atoms with E-state index in [1.165, 1.54) is 11.6 Å². The van der Waals surface area contributed by atoms with Crippen LogP contribution in [0.4, 0.5) is 11.5 Å². The predicted octanol–water partition coefficient (Wildman–Crippen LogP) is 0.265. The third-order valence-corrected chi connectivity index (χ3v) is 3.31. The zero-order valence-electron chi connectivity index (χ0n) is 12.2. The molecular weight excluding hydrogens is 272 g/mol. The fourth-order valence-corrected chi connectivity index (χ4v) is 2.05. The Balaban J connectivity index is 2.37. The third kappa shape index (κ3) is 2.99. The minimum absolute atomic E-state index is 0.170. The summed E-state index contributed by atoms with van der Waals surface area (Å²) in [5, 5.41) is 2.96. The first kappa shape index (κ1) is 14.9. The zero-order chi connectivity index (χ0) is 15.4. The molecule has 0 aliphatic heterocycles. The van der Waals surface area contributed by atoms with Gasteiger partial charge in [0.05, 0.1) is 6.54 Å². The van der Waals surface area contributed by atoms with E-state index in [0.29, 0.717) is 18.9 Å². The van der Waals surface area contributed by atoms with Gasteiger partial charge in [-0.25, -0.2) is 9.78 Å². The van der Waals surface area contributed by atoms with Crippen molar-refractivity contribution in [1.29, 1.82) is 0 Å². The fraction of sp³-hybridized carbons (Fsp3) is 0.462. The Morgan fingerprint density at radius 1 is 1.43 bits per heavy atom. The van der Waals surface area contributed by atoms with E-state index in [1.807, 2.05) is 6.92 Å². The van der Waals surface area contributed by atoms with Crippen LogP contribution in [0.1, 0.15) is 25.6 Å². The first-order chi connectivity index (χ1) is 10.1. The number of hydrogen-bond donors (Lipinski definition) is 3. The fourth-order valence-electron chi connectivity index (χ4n) is 2.05. The number of nitrogens with two attached hydrogens (primary N) is 1. The summed E-state index contributed by atoms with van der Waals surface area (Å²) in [6.07, 6.45) is 5.07. The largest absolute Gasteiger partial charge is 0.383 e. The number of aromatic nitrogens is 4. The highest BCUT2D eigenvalue weighted by molar-refractivity contribution is 5.60. The van der Waals surface area contributed by atoms with Crippen molar-refractivity contribution in [2.75, 3.05) is 11.1 Å². The number of H-pyrrole nitrogens is 1. The van der Waals surface area contributed by atoms with Crippen LogP contribution in [0.5, 0.6) is 0 Å². The molecule has 0 aliphatic rings. The smallest absolute Gasteiger partial charge is 0.332 e. The normalized spacial score (nSPS) is 10.8. The van der Waals surface area contributed by atoms with Gasteiger partial charge in [0, 0.05) is 26.0 Å². The van der Waals surface area contributed by atoms with Crippen molar-refractivity contribution >= 4 is 11.5 Å². The van der Waals surface area contributed by atoms with E-state index in [2.05, 4.69) is 15.3 Å². The topological polar surface area (TPSA) is 111 Å². The minimum atomic E-state index is -0.434. The second kappa shape index (κ2) is 6.29. The van der Waals surface area contributed by atoms with Gasteiger partial charge in [0.1, 0.15) is 17.3 Å². The Hall–Kier alpha value is -2.51. The molecule has 2 aromatic heterocycles. The van der Waals surface area contributed by atoms with Gasteiger partial charge in [-0.1, -0.05) is 13.3 Å². The number of rotatable bonds is 6. The second-order valence-corrected chi connectivity index (χ2v) is 4.80. The highest BCUT2D eigenvalue weighted by Crippen LogP contribution is 2.12. The molecule has 114 valence electrons. The van der Waals surface area contributed by atoms with E-state index in [9.17, 15) is 9.59 Å².